The number of rotatable bonds is 0. The Morgan fingerprint density at radius 2 is 2.38 bits per heavy atom. The van der Waals surface area contributed by atoms with Crippen LogP contribution in [0.2, 0.25) is 0 Å². The van der Waals surface area contributed by atoms with Crippen molar-refractivity contribution >= 4 is 9.19 Å². The number of H-pyrrole nitrogens is 1. The van der Waals surface area contributed by atoms with Crippen LogP contribution in [0.25, 0.3) is 0 Å². The first-order valence-corrected chi connectivity index (χ1v) is 5.86. The summed E-state index contributed by atoms with van der Waals surface area (Å²) in [6.45, 7) is 0. The van der Waals surface area contributed by atoms with Crippen LogP contribution in [0.15, 0.2) is 24.4 Å². The normalized spacial score (nSPS) is 13.9. The van der Waals surface area contributed by atoms with Crippen molar-refractivity contribution in [3.63, 3.8) is 0 Å². The number of hydrogen-bond acceptors (Lipinski definition) is 0. The molecular weight excluding hydrogens is 306 g/mol. The van der Waals surface area contributed by atoms with Gasteiger partial charge in [-0.3, -0.25) is 0 Å². The van der Waals surface area contributed by atoms with Gasteiger partial charge in [-0.2, -0.15) is 0 Å². The molecule has 8 heavy (non-hydrogen) atoms. The summed E-state index contributed by atoms with van der Waals surface area (Å²) >= 11 is -0.178. The van der Waals surface area contributed by atoms with E-state index in [2.05, 4.69) is 4.98 Å². The molecule has 0 fully saturated rings. The van der Waals surface area contributed by atoms with Gasteiger partial charge >= 0.3 is 60.3 Å². The Morgan fingerprint density at radius 1 is 1.50 bits per heavy atom. The third-order valence-corrected chi connectivity index (χ3v) is 2.83. The van der Waals surface area contributed by atoms with Crippen molar-refractivity contribution in [2.75, 3.05) is 0 Å². The number of aromatic amines is 1. The van der Waals surface area contributed by atoms with Gasteiger partial charge in [0.2, 0.25) is 0 Å². The van der Waals surface area contributed by atoms with Crippen LogP contribution in [0.4, 0.5) is 0 Å². The summed E-state index contributed by atoms with van der Waals surface area (Å²) in [7, 11) is 5.59. The van der Waals surface area contributed by atoms with Gasteiger partial charge in [0.15, 0.2) is 0 Å². The van der Waals surface area contributed by atoms with Crippen LogP contribution in [-0.2, 0) is 18.2 Å². The second kappa shape index (κ2) is 3.25. The average Bonchev–Trinajstić information content (AvgIpc) is 1.90. The summed E-state index contributed by atoms with van der Waals surface area (Å²) in [6.07, 6.45) is 1.88. The van der Waals surface area contributed by atoms with Crippen LogP contribution < -0.4 is 0 Å². The molecule has 0 aliphatic rings. The molecule has 1 heterocycles. The van der Waals surface area contributed by atoms with Gasteiger partial charge in [0.1, 0.15) is 0 Å². The number of hydrogen-bond donors (Lipinski definition) is 1. The molecule has 0 saturated carbocycles. The molecule has 0 unspecified atom stereocenters. The van der Waals surface area contributed by atoms with Crippen molar-refractivity contribution < 1.29 is 18.2 Å². The average molecular weight is 312 g/mol. The Bertz CT molecular complexity index is 200. The van der Waals surface area contributed by atoms with Gasteiger partial charge in [-0.15, -0.1) is 0 Å². The van der Waals surface area contributed by atoms with E-state index in [9.17, 15) is 0 Å². The number of pyridine rings is 1. The van der Waals surface area contributed by atoms with Gasteiger partial charge in [0.25, 0.3) is 0 Å². The van der Waals surface area contributed by atoms with Crippen LogP contribution in [0.1, 0.15) is 0 Å². The molecule has 0 aliphatic heterocycles. The minimum atomic E-state index is -0.178. The predicted molar refractivity (Wildman–Crippen MR) is 29.9 cm³/mol. The van der Waals surface area contributed by atoms with Gasteiger partial charge in [0.05, 0.1) is 0 Å². The zero-order chi connectivity index (χ0) is 5.82. The number of aromatic nitrogens is 1. The molecule has 0 bridgehead atoms. The van der Waals surface area contributed by atoms with Gasteiger partial charge in [-0.1, -0.05) is 0 Å². The third-order valence-electron chi connectivity index (χ3n) is 0.709. The van der Waals surface area contributed by atoms with E-state index in [0.29, 0.717) is 0 Å². The fourth-order valence-corrected chi connectivity index (χ4v) is 1.62. The summed E-state index contributed by atoms with van der Waals surface area (Å²) in [4.78, 5) is 3.03. The Labute approximate surface area is 60.3 Å². The number of halogens is 1. The minimum absolute atomic E-state index is 0.178. The topological polar surface area (TPSA) is 15.8 Å². The van der Waals surface area contributed by atoms with Gasteiger partial charge in [0, 0.05) is 0 Å². The Balaban J connectivity index is 3.20. The molecule has 0 saturated heterocycles. The molecule has 0 spiro atoms. The fraction of sp³-hybridized carbons (Fsp3) is 0. The van der Waals surface area contributed by atoms with Crippen LogP contribution >= 0.6 is 9.19 Å². The third kappa shape index (κ3) is 1.60. The molecule has 1 nitrogen and oxygen atoms in total. The fourth-order valence-electron chi connectivity index (χ4n) is 0.393. The Morgan fingerprint density at radius 3 is 2.75 bits per heavy atom. The first-order valence-electron chi connectivity index (χ1n) is 2.09. The number of nitrogens with one attached hydrogen (secondary N) is 1. The van der Waals surface area contributed by atoms with E-state index in [1.165, 1.54) is 0 Å². The second-order valence-corrected chi connectivity index (χ2v) is 3.74. The van der Waals surface area contributed by atoms with Crippen molar-refractivity contribution in [2.45, 2.75) is 0 Å². The SMILES string of the molecule is [Cl][Au]=[c]1cccc[nH]1. The summed E-state index contributed by atoms with van der Waals surface area (Å²) in [5.74, 6) is 0. The molecule has 0 amide bonds. The molecule has 3 heteroatoms. The Kier molecular flexibility index (Phi) is 2.56. The molecule has 1 N–H and O–H groups in total. The van der Waals surface area contributed by atoms with Crippen LogP contribution in [0.3, 0.4) is 0 Å². The van der Waals surface area contributed by atoms with Crippen molar-refractivity contribution in [3.8, 4) is 0 Å². The molecule has 48 valence electrons. The van der Waals surface area contributed by atoms with Crippen molar-refractivity contribution in [1.29, 1.82) is 0 Å². The molecule has 1 aromatic rings. The molecule has 0 aliphatic carbocycles. The maximum absolute atomic E-state index is 5.59. The molecule has 1 aromatic heterocycles. The summed E-state index contributed by atoms with van der Waals surface area (Å²) < 4.78 is 1.15. The van der Waals surface area contributed by atoms with E-state index >= 15 is 0 Å². The van der Waals surface area contributed by atoms with E-state index in [4.69, 9.17) is 9.19 Å². The van der Waals surface area contributed by atoms with E-state index in [-0.39, 0.29) is 18.2 Å². The van der Waals surface area contributed by atoms with Crippen LogP contribution in [0.5, 0.6) is 0 Å². The standard InChI is InChI=1S/C5H5N.Au.ClH/c1-2-4-6-5-3-1;;/h1-4,6H;;1H/q;+1;/p-1. The van der Waals surface area contributed by atoms with E-state index in [1.54, 1.807) is 0 Å². The van der Waals surface area contributed by atoms with E-state index < -0.39 is 0 Å². The van der Waals surface area contributed by atoms with Crippen LogP contribution in [-0.4, -0.2) is 4.98 Å². The monoisotopic (exact) mass is 311 g/mol. The zero-order valence-corrected chi connectivity index (χ0v) is 6.91. The molecule has 1 rings (SSSR count). The van der Waals surface area contributed by atoms with Crippen LogP contribution in [0, 0.1) is 3.50 Å². The first kappa shape index (κ1) is 6.30. The van der Waals surface area contributed by atoms with E-state index in [0.717, 1.165) is 3.50 Å². The summed E-state index contributed by atoms with van der Waals surface area (Å²) in [5, 5.41) is 0. The van der Waals surface area contributed by atoms with Gasteiger partial charge in [-0.25, -0.2) is 0 Å². The van der Waals surface area contributed by atoms with Gasteiger partial charge < -0.3 is 0 Å². The summed E-state index contributed by atoms with van der Waals surface area (Å²) in [6, 6.07) is 5.91. The van der Waals surface area contributed by atoms with Crippen molar-refractivity contribution in [3.05, 3.63) is 27.9 Å². The molecule has 0 aromatic carbocycles. The zero-order valence-electron chi connectivity index (χ0n) is 3.99. The molecule has 0 atom stereocenters. The molecule has 0 radical (unpaired) electrons. The summed E-state index contributed by atoms with van der Waals surface area (Å²) in [5.41, 5.74) is 0. The quantitative estimate of drug-likeness (QED) is 0.703. The first-order chi connectivity index (χ1) is 3.93. The van der Waals surface area contributed by atoms with Crippen molar-refractivity contribution in [2.24, 2.45) is 0 Å². The van der Waals surface area contributed by atoms with E-state index in [1.807, 2.05) is 24.4 Å². The Hall–Kier alpha value is 0.180. The maximum atomic E-state index is 5.59. The van der Waals surface area contributed by atoms with Crippen molar-refractivity contribution in [1.82, 2.24) is 4.98 Å². The second-order valence-electron chi connectivity index (χ2n) is 1.23. The predicted octanol–water partition coefficient (Wildman–Crippen LogP) is 1.78. The molecular formula is C5H5AuClN. The van der Waals surface area contributed by atoms with Gasteiger partial charge in [-0.05, 0) is 0 Å².